The summed E-state index contributed by atoms with van der Waals surface area (Å²) in [6, 6.07) is 3.54. The Bertz CT molecular complexity index is 709. The fourth-order valence-electron chi connectivity index (χ4n) is 3.06. The average Bonchev–Trinajstić information content (AvgIpc) is 2.71. The minimum absolute atomic E-state index is 0. The summed E-state index contributed by atoms with van der Waals surface area (Å²) in [7, 11) is 0. The first-order valence-corrected chi connectivity index (χ1v) is 11.3. The number of halogens is 2. The Hall–Kier alpha value is -0.790. The summed E-state index contributed by atoms with van der Waals surface area (Å²) < 4.78 is 0. The van der Waals surface area contributed by atoms with Crippen molar-refractivity contribution in [1.82, 2.24) is 10.2 Å². The summed E-state index contributed by atoms with van der Waals surface area (Å²) in [5.41, 5.74) is 0.265. The summed E-state index contributed by atoms with van der Waals surface area (Å²) in [5, 5.41) is 12.3. The molecule has 0 spiro atoms. The first-order chi connectivity index (χ1) is 14.3. The average molecular weight is 482 g/mol. The maximum Gasteiger partial charge on any atom is 0.303 e. The van der Waals surface area contributed by atoms with E-state index in [0.717, 1.165) is 38.5 Å². The molecular formula is C22H32Cl2N2NaO4. The molecule has 1 aromatic carbocycles. The summed E-state index contributed by atoms with van der Waals surface area (Å²) in [6.45, 7) is 5.39. The van der Waals surface area contributed by atoms with E-state index in [9.17, 15) is 14.4 Å². The largest absolute Gasteiger partial charge is 0.481 e. The van der Waals surface area contributed by atoms with Crippen LogP contribution in [0, 0.1) is 0 Å². The molecule has 9 heteroatoms. The Labute approximate surface area is 217 Å². The van der Waals surface area contributed by atoms with Crippen LogP contribution in [0.2, 0.25) is 10.0 Å². The Morgan fingerprint density at radius 3 is 2.06 bits per heavy atom. The van der Waals surface area contributed by atoms with E-state index in [2.05, 4.69) is 19.2 Å². The number of carboxylic acid groups (broad SMARTS) is 1. The molecule has 2 amide bonds. The second kappa shape index (κ2) is 16.8. The van der Waals surface area contributed by atoms with Crippen LogP contribution in [0.5, 0.6) is 0 Å². The molecule has 0 aliphatic rings. The van der Waals surface area contributed by atoms with Gasteiger partial charge < -0.3 is 15.3 Å². The van der Waals surface area contributed by atoms with Crippen molar-refractivity contribution in [2.24, 2.45) is 0 Å². The maximum absolute atomic E-state index is 13.2. The number of rotatable bonds is 14. The van der Waals surface area contributed by atoms with Crippen LogP contribution in [0.1, 0.15) is 75.6 Å². The second-order valence-electron chi connectivity index (χ2n) is 7.33. The molecule has 1 unspecified atom stereocenters. The second-order valence-corrected chi connectivity index (χ2v) is 8.14. The van der Waals surface area contributed by atoms with Crippen LogP contribution in [-0.4, -0.2) is 76.5 Å². The third-order valence-electron chi connectivity index (χ3n) is 4.81. The Balaban J connectivity index is 0.00000900. The van der Waals surface area contributed by atoms with Gasteiger partial charge in [-0.3, -0.25) is 14.4 Å². The summed E-state index contributed by atoms with van der Waals surface area (Å²) in [6.07, 6.45) is 5.65. The van der Waals surface area contributed by atoms with E-state index in [4.69, 9.17) is 28.3 Å². The molecule has 0 saturated heterocycles. The van der Waals surface area contributed by atoms with E-state index in [1.54, 1.807) is 4.90 Å². The van der Waals surface area contributed by atoms with Crippen molar-refractivity contribution in [2.45, 2.75) is 71.3 Å². The third kappa shape index (κ3) is 11.6. The van der Waals surface area contributed by atoms with Crippen molar-refractivity contribution in [1.29, 1.82) is 0 Å². The van der Waals surface area contributed by atoms with Gasteiger partial charge in [0.1, 0.15) is 6.04 Å². The van der Waals surface area contributed by atoms with Crippen molar-refractivity contribution in [3.63, 3.8) is 0 Å². The van der Waals surface area contributed by atoms with Gasteiger partial charge in [0.2, 0.25) is 5.91 Å². The molecule has 0 bridgehead atoms. The summed E-state index contributed by atoms with van der Waals surface area (Å²) >= 11 is 11.9. The monoisotopic (exact) mass is 481 g/mol. The van der Waals surface area contributed by atoms with Crippen LogP contribution in [0.15, 0.2) is 18.2 Å². The zero-order chi connectivity index (χ0) is 22.5. The topological polar surface area (TPSA) is 86.7 Å². The van der Waals surface area contributed by atoms with Crippen molar-refractivity contribution in [3.05, 3.63) is 33.8 Å². The Morgan fingerprint density at radius 2 is 1.58 bits per heavy atom. The molecular weight excluding hydrogens is 450 g/mol. The van der Waals surface area contributed by atoms with Gasteiger partial charge in [0, 0.05) is 54.6 Å². The molecule has 2 N–H and O–H groups in total. The van der Waals surface area contributed by atoms with Crippen molar-refractivity contribution in [3.8, 4) is 0 Å². The zero-order valence-electron chi connectivity index (χ0n) is 18.8. The van der Waals surface area contributed by atoms with Crippen LogP contribution in [0.4, 0.5) is 0 Å². The first kappa shape index (κ1) is 30.2. The van der Waals surface area contributed by atoms with Gasteiger partial charge in [-0.1, -0.05) is 62.7 Å². The van der Waals surface area contributed by atoms with Crippen molar-refractivity contribution < 1.29 is 19.5 Å². The molecule has 1 radical (unpaired) electrons. The van der Waals surface area contributed by atoms with E-state index in [0.29, 0.717) is 18.1 Å². The molecule has 0 aliphatic carbocycles. The van der Waals surface area contributed by atoms with Crippen molar-refractivity contribution in [2.75, 3.05) is 13.1 Å². The molecule has 1 atom stereocenters. The van der Waals surface area contributed by atoms with Crippen LogP contribution in [0.25, 0.3) is 0 Å². The van der Waals surface area contributed by atoms with Gasteiger partial charge in [-0.2, -0.15) is 0 Å². The van der Waals surface area contributed by atoms with Gasteiger partial charge in [-0.05, 0) is 37.5 Å². The SMILES string of the molecule is CCCCCN(CCCCC)C(=O)C(CCC(=O)O)NC(=O)c1ccc(Cl)c(Cl)c1.[Na]. The van der Waals surface area contributed by atoms with Gasteiger partial charge in [-0.15, -0.1) is 0 Å². The van der Waals surface area contributed by atoms with Crippen LogP contribution < -0.4 is 5.32 Å². The van der Waals surface area contributed by atoms with Gasteiger partial charge in [0.25, 0.3) is 5.91 Å². The van der Waals surface area contributed by atoms with E-state index in [1.807, 2.05) is 0 Å². The quantitative estimate of drug-likeness (QED) is 0.295. The smallest absolute Gasteiger partial charge is 0.303 e. The maximum atomic E-state index is 13.2. The summed E-state index contributed by atoms with van der Waals surface area (Å²) in [5.74, 6) is -1.74. The number of unbranched alkanes of at least 4 members (excludes halogenated alkanes) is 4. The van der Waals surface area contributed by atoms with E-state index in [1.165, 1.54) is 18.2 Å². The fourth-order valence-corrected chi connectivity index (χ4v) is 3.36. The Morgan fingerprint density at radius 1 is 1.00 bits per heavy atom. The molecule has 31 heavy (non-hydrogen) atoms. The number of carboxylic acids is 1. The van der Waals surface area contributed by atoms with Gasteiger partial charge >= 0.3 is 5.97 Å². The minimum Gasteiger partial charge on any atom is -0.481 e. The Kier molecular flexibility index (Phi) is 16.4. The fraction of sp³-hybridized carbons (Fsp3) is 0.591. The number of carbonyl (C=O) groups is 3. The molecule has 0 fully saturated rings. The van der Waals surface area contributed by atoms with Gasteiger partial charge in [0.15, 0.2) is 0 Å². The zero-order valence-corrected chi connectivity index (χ0v) is 22.3. The van der Waals surface area contributed by atoms with E-state index in [-0.39, 0.29) is 58.9 Å². The van der Waals surface area contributed by atoms with Gasteiger partial charge in [0.05, 0.1) is 10.0 Å². The molecule has 1 aromatic rings. The molecule has 0 aliphatic heterocycles. The van der Waals surface area contributed by atoms with E-state index < -0.39 is 17.9 Å². The third-order valence-corrected chi connectivity index (χ3v) is 5.55. The number of carbonyl (C=O) groups excluding carboxylic acids is 2. The number of nitrogens with zero attached hydrogens (tertiary/aromatic N) is 1. The van der Waals surface area contributed by atoms with Crippen LogP contribution in [0.3, 0.4) is 0 Å². The molecule has 6 nitrogen and oxygen atoms in total. The number of amides is 2. The first-order valence-electron chi connectivity index (χ1n) is 10.6. The van der Waals surface area contributed by atoms with E-state index >= 15 is 0 Å². The normalized spacial score (nSPS) is 11.4. The predicted molar refractivity (Wildman–Crippen MR) is 126 cm³/mol. The minimum atomic E-state index is -1.01. The standard InChI is InChI=1S/C22H32Cl2N2O4.Na/c1-3-5-7-13-26(14-8-6-4-2)22(30)19(11-12-20(27)28)25-21(29)16-9-10-17(23)18(24)15-16;/h9-10,15,19H,3-8,11-14H2,1-2H3,(H,25,29)(H,27,28);. The predicted octanol–water partition coefficient (Wildman–Crippen LogP) is 4.78. The number of nitrogens with one attached hydrogen (secondary N) is 1. The number of hydrogen-bond donors (Lipinski definition) is 2. The molecule has 0 heterocycles. The number of hydrogen-bond acceptors (Lipinski definition) is 3. The molecule has 1 rings (SSSR count). The van der Waals surface area contributed by atoms with Gasteiger partial charge in [-0.25, -0.2) is 0 Å². The van der Waals surface area contributed by atoms with Crippen LogP contribution in [-0.2, 0) is 9.59 Å². The molecule has 169 valence electrons. The number of benzene rings is 1. The molecule has 0 saturated carbocycles. The van der Waals surface area contributed by atoms with Crippen molar-refractivity contribution >= 4 is 70.5 Å². The van der Waals surface area contributed by atoms with Crippen LogP contribution >= 0.6 is 23.2 Å². The summed E-state index contributed by atoms with van der Waals surface area (Å²) in [4.78, 5) is 38.7. The number of aliphatic carboxylic acids is 1. The molecule has 0 aromatic heterocycles.